The van der Waals surface area contributed by atoms with Gasteiger partial charge < -0.3 is 15.0 Å². The zero-order valence-electron chi connectivity index (χ0n) is 11.4. The number of anilines is 1. The highest BCUT2D eigenvalue weighted by Crippen LogP contribution is 2.29. The first-order valence-electron chi connectivity index (χ1n) is 6.54. The lowest BCUT2D eigenvalue weighted by molar-refractivity contribution is 0.0930. The van der Waals surface area contributed by atoms with Crippen LogP contribution in [0.2, 0.25) is 0 Å². The number of fused-ring (bicyclic) bond motifs is 1. The first-order valence-corrected chi connectivity index (χ1v) is 7.35. The van der Waals surface area contributed by atoms with Crippen LogP contribution in [0.15, 0.2) is 12.4 Å². The highest BCUT2D eigenvalue weighted by atomic mass is 32.1. The third kappa shape index (κ3) is 2.29. The summed E-state index contributed by atoms with van der Waals surface area (Å²) in [5.74, 6) is 0.848. The van der Waals surface area contributed by atoms with Crippen molar-refractivity contribution in [3.8, 4) is 0 Å². The largest absolute Gasteiger partial charge is 0.453 e. The molecule has 3 rings (SSSR count). The molecule has 0 aromatic carbocycles. The van der Waals surface area contributed by atoms with E-state index in [1.54, 1.807) is 22.6 Å². The van der Waals surface area contributed by atoms with Crippen LogP contribution in [0, 0.1) is 0 Å². The number of nitrogens with zero attached hydrogens (tertiary/aromatic N) is 3. The summed E-state index contributed by atoms with van der Waals surface area (Å²) >= 11 is 1.70. The molecule has 1 amide bonds. The van der Waals surface area contributed by atoms with Crippen LogP contribution in [-0.4, -0.2) is 47.2 Å². The molecule has 0 atom stereocenters. The van der Waals surface area contributed by atoms with E-state index in [1.165, 1.54) is 12.0 Å². The zero-order valence-corrected chi connectivity index (χ0v) is 12.2. The number of carbonyl (C=O) groups excluding carboxylic acids is 1. The maximum atomic E-state index is 11.3. The van der Waals surface area contributed by atoms with Gasteiger partial charge in [-0.05, 0) is 12.5 Å². The number of rotatable bonds is 3. The number of nitrogens with one attached hydrogen (secondary N) is 1. The summed E-state index contributed by atoms with van der Waals surface area (Å²) < 4.78 is 4.68. The van der Waals surface area contributed by atoms with Crippen LogP contribution in [-0.2, 0) is 11.2 Å². The van der Waals surface area contributed by atoms with Crippen LogP contribution in [0.25, 0.3) is 10.2 Å². The molecule has 0 unspecified atom stereocenters. The molecule has 1 fully saturated rings. The normalized spacial score (nSPS) is 15.2. The van der Waals surface area contributed by atoms with E-state index in [1.807, 2.05) is 0 Å². The summed E-state index contributed by atoms with van der Waals surface area (Å²) in [6.45, 7) is 3.41. The Hall–Kier alpha value is -1.89. The summed E-state index contributed by atoms with van der Waals surface area (Å²) in [6, 6.07) is 2.36. The summed E-state index contributed by atoms with van der Waals surface area (Å²) in [5.41, 5.74) is 0. The quantitative estimate of drug-likeness (QED) is 0.938. The number of methoxy groups -OCH3 is 1. The van der Waals surface area contributed by atoms with Crippen LogP contribution in [0.3, 0.4) is 0 Å². The summed E-state index contributed by atoms with van der Waals surface area (Å²) in [4.78, 5) is 23.9. The van der Waals surface area contributed by atoms with Gasteiger partial charge in [0.2, 0.25) is 0 Å². The molecule has 0 saturated carbocycles. The number of aryl methyl sites for hydroxylation is 1. The highest BCUT2D eigenvalue weighted by molar-refractivity contribution is 7.18. The van der Waals surface area contributed by atoms with Crippen molar-refractivity contribution in [2.45, 2.75) is 19.4 Å². The maximum Gasteiger partial charge on any atom is 0.409 e. The number of likely N-dealkylation sites (tertiary alicyclic amines) is 1. The Bertz CT molecular complexity index is 636. The Morgan fingerprint density at radius 3 is 3.05 bits per heavy atom. The fourth-order valence-corrected chi connectivity index (χ4v) is 3.17. The van der Waals surface area contributed by atoms with Gasteiger partial charge in [0.1, 0.15) is 17.0 Å². The molecule has 2 aromatic heterocycles. The second-order valence-electron chi connectivity index (χ2n) is 4.72. The highest BCUT2D eigenvalue weighted by Gasteiger charge is 2.31. The van der Waals surface area contributed by atoms with Crippen molar-refractivity contribution < 1.29 is 9.53 Å². The Kier molecular flexibility index (Phi) is 3.43. The van der Waals surface area contributed by atoms with Gasteiger partial charge in [0.15, 0.2) is 0 Å². The molecule has 1 saturated heterocycles. The molecule has 20 heavy (non-hydrogen) atoms. The predicted molar refractivity (Wildman–Crippen MR) is 78.2 cm³/mol. The SMILES string of the molecule is CCc1cc2c(NC3CN(C(=O)OC)C3)ncnc2s1. The molecule has 0 aliphatic carbocycles. The average molecular weight is 292 g/mol. The van der Waals surface area contributed by atoms with E-state index in [-0.39, 0.29) is 12.1 Å². The van der Waals surface area contributed by atoms with Crippen molar-refractivity contribution in [3.63, 3.8) is 0 Å². The summed E-state index contributed by atoms with van der Waals surface area (Å²) in [7, 11) is 1.40. The number of aromatic nitrogens is 2. The molecule has 3 heterocycles. The Morgan fingerprint density at radius 2 is 2.35 bits per heavy atom. The second-order valence-corrected chi connectivity index (χ2v) is 5.84. The van der Waals surface area contributed by atoms with Gasteiger partial charge >= 0.3 is 6.09 Å². The number of hydrogen-bond acceptors (Lipinski definition) is 6. The van der Waals surface area contributed by atoms with Crippen molar-refractivity contribution in [2.75, 3.05) is 25.5 Å². The second kappa shape index (κ2) is 5.24. The Balaban J connectivity index is 1.72. The van der Waals surface area contributed by atoms with Gasteiger partial charge in [-0.2, -0.15) is 0 Å². The van der Waals surface area contributed by atoms with Crippen LogP contribution in [0.1, 0.15) is 11.8 Å². The molecule has 1 aliphatic rings. The lowest BCUT2D eigenvalue weighted by Crippen LogP contribution is -2.57. The Morgan fingerprint density at radius 1 is 1.55 bits per heavy atom. The molecule has 1 N–H and O–H groups in total. The van der Waals surface area contributed by atoms with Gasteiger partial charge in [-0.25, -0.2) is 14.8 Å². The molecule has 0 spiro atoms. The molecule has 106 valence electrons. The fraction of sp³-hybridized carbons (Fsp3) is 0.462. The minimum Gasteiger partial charge on any atom is -0.453 e. The van der Waals surface area contributed by atoms with Crippen molar-refractivity contribution >= 4 is 33.5 Å². The average Bonchev–Trinajstić information content (AvgIpc) is 2.85. The molecule has 6 nitrogen and oxygen atoms in total. The number of hydrogen-bond donors (Lipinski definition) is 1. The molecule has 1 aliphatic heterocycles. The van der Waals surface area contributed by atoms with Crippen molar-refractivity contribution in [1.29, 1.82) is 0 Å². The van der Waals surface area contributed by atoms with Crippen molar-refractivity contribution in [3.05, 3.63) is 17.3 Å². The molecule has 7 heteroatoms. The lowest BCUT2D eigenvalue weighted by atomic mass is 10.1. The summed E-state index contributed by atoms with van der Waals surface area (Å²) in [6.07, 6.45) is 2.30. The topological polar surface area (TPSA) is 67.4 Å². The van der Waals surface area contributed by atoms with E-state index in [9.17, 15) is 4.79 Å². The Labute approximate surface area is 120 Å². The molecular formula is C13H16N4O2S. The van der Waals surface area contributed by atoms with Gasteiger partial charge in [0, 0.05) is 18.0 Å². The van der Waals surface area contributed by atoms with Crippen LogP contribution in [0.4, 0.5) is 10.6 Å². The molecular weight excluding hydrogens is 276 g/mol. The van der Waals surface area contributed by atoms with E-state index in [2.05, 4.69) is 33.0 Å². The van der Waals surface area contributed by atoms with Crippen LogP contribution < -0.4 is 5.32 Å². The molecule has 0 bridgehead atoms. The molecule has 2 aromatic rings. The minimum absolute atomic E-state index is 0.220. The van der Waals surface area contributed by atoms with Gasteiger partial charge in [-0.15, -0.1) is 11.3 Å². The number of ether oxygens (including phenoxy) is 1. The smallest absolute Gasteiger partial charge is 0.409 e. The first kappa shape index (κ1) is 13.1. The standard InChI is InChI=1S/C13H16N4O2S/c1-3-9-4-10-11(14-7-15-12(10)20-9)16-8-5-17(6-8)13(18)19-2/h4,7-8H,3,5-6H2,1-2H3,(H,14,15,16). The molecule has 0 radical (unpaired) electrons. The van der Waals surface area contributed by atoms with E-state index in [0.717, 1.165) is 22.5 Å². The zero-order chi connectivity index (χ0) is 14.1. The van der Waals surface area contributed by atoms with Crippen molar-refractivity contribution in [1.82, 2.24) is 14.9 Å². The minimum atomic E-state index is -0.278. The fourth-order valence-electron chi connectivity index (χ4n) is 2.24. The monoisotopic (exact) mass is 292 g/mol. The first-order chi connectivity index (χ1) is 9.71. The van der Waals surface area contributed by atoms with E-state index in [4.69, 9.17) is 0 Å². The van der Waals surface area contributed by atoms with Gasteiger partial charge in [0.25, 0.3) is 0 Å². The maximum absolute atomic E-state index is 11.3. The van der Waals surface area contributed by atoms with Crippen LogP contribution in [0.5, 0.6) is 0 Å². The van der Waals surface area contributed by atoms with E-state index >= 15 is 0 Å². The van der Waals surface area contributed by atoms with Gasteiger partial charge in [-0.1, -0.05) is 6.92 Å². The van der Waals surface area contributed by atoms with Gasteiger partial charge in [0.05, 0.1) is 18.5 Å². The van der Waals surface area contributed by atoms with Crippen molar-refractivity contribution in [2.24, 2.45) is 0 Å². The number of thiophene rings is 1. The van der Waals surface area contributed by atoms with Gasteiger partial charge in [-0.3, -0.25) is 0 Å². The summed E-state index contributed by atoms with van der Waals surface area (Å²) in [5, 5.41) is 4.43. The third-order valence-corrected chi connectivity index (χ3v) is 4.57. The third-order valence-electron chi connectivity index (χ3n) is 3.38. The predicted octanol–water partition coefficient (Wildman–Crippen LogP) is 2.12. The van der Waals surface area contributed by atoms with E-state index in [0.29, 0.717) is 13.1 Å². The number of carbonyl (C=O) groups is 1. The lowest BCUT2D eigenvalue weighted by Gasteiger charge is -2.38. The van der Waals surface area contributed by atoms with E-state index < -0.39 is 0 Å². The van der Waals surface area contributed by atoms with Crippen LogP contribution >= 0.6 is 11.3 Å². The number of amides is 1.